The van der Waals surface area contributed by atoms with Crippen LogP contribution in [0.2, 0.25) is 0 Å². The van der Waals surface area contributed by atoms with Gasteiger partial charge in [0.25, 0.3) is 0 Å². The zero-order valence-corrected chi connectivity index (χ0v) is 12.5. The minimum Gasteiger partial charge on any atom is -0.0616 e. The summed E-state index contributed by atoms with van der Waals surface area (Å²) in [7, 11) is 0. The Morgan fingerprint density at radius 3 is 2.45 bits per heavy atom. The predicted octanol–water partition coefficient (Wildman–Crippen LogP) is 5.80. The van der Waals surface area contributed by atoms with Gasteiger partial charge >= 0.3 is 0 Å². The van der Waals surface area contributed by atoms with E-state index in [9.17, 15) is 0 Å². The van der Waals surface area contributed by atoms with Gasteiger partial charge in [0.1, 0.15) is 0 Å². The number of rotatable bonds is 1. The summed E-state index contributed by atoms with van der Waals surface area (Å²) < 4.78 is 1.26. The second-order valence-electron chi connectivity index (χ2n) is 5.17. The number of benzene rings is 3. The predicted molar refractivity (Wildman–Crippen MR) is 90.0 cm³/mol. The van der Waals surface area contributed by atoms with Crippen LogP contribution >= 0.6 is 15.9 Å². The summed E-state index contributed by atoms with van der Waals surface area (Å²) >= 11 is 3.64. The normalized spacial score (nSPS) is 13.3. The SMILES string of the molecule is BrC1=Cc2c(cccc2-c2cccc3ccccc23)C1. The Bertz CT molecular complexity index is 838. The molecule has 0 heterocycles. The molecule has 1 aliphatic carbocycles. The molecule has 0 aliphatic heterocycles. The van der Waals surface area contributed by atoms with Gasteiger partial charge in [0.2, 0.25) is 0 Å². The number of halogens is 1. The van der Waals surface area contributed by atoms with Crippen molar-refractivity contribution in [1.82, 2.24) is 0 Å². The van der Waals surface area contributed by atoms with Gasteiger partial charge in [-0.3, -0.25) is 0 Å². The smallest absolute Gasteiger partial charge is 0.00470 e. The van der Waals surface area contributed by atoms with Crippen molar-refractivity contribution in [2.24, 2.45) is 0 Å². The lowest BCUT2D eigenvalue weighted by Gasteiger charge is -2.11. The molecule has 0 unspecified atom stereocenters. The fourth-order valence-electron chi connectivity index (χ4n) is 3.02. The Morgan fingerprint density at radius 2 is 1.50 bits per heavy atom. The highest BCUT2D eigenvalue weighted by molar-refractivity contribution is 9.11. The van der Waals surface area contributed by atoms with Crippen LogP contribution < -0.4 is 0 Å². The molecule has 0 fully saturated rings. The Labute approximate surface area is 126 Å². The van der Waals surface area contributed by atoms with Crippen molar-refractivity contribution in [1.29, 1.82) is 0 Å². The molecule has 4 rings (SSSR count). The summed E-state index contributed by atoms with van der Waals surface area (Å²) in [6, 6.07) is 21.7. The summed E-state index contributed by atoms with van der Waals surface area (Å²) in [5.41, 5.74) is 5.41. The van der Waals surface area contributed by atoms with Crippen molar-refractivity contribution >= 4 is 32.8 Å². The monoisotopic (exact) mass is 320 g/mol. The van der Waals surface area contributed by atoms with Crippen molar-refractivity contribution in [3.05, 3.63) is 76.3 Å². The van der Waals surface area contributed by atoms with Crippen molar-refractivity contribution < 1.29 is 0 Å². The average Bonchev–Trinajstić information content (AvgIpc) is 2.87. The highest BCUT2D eigenvalue weighted by Gasteiger charge is 2.16. The van der Waals surface area contributed by atoms with Crippen molar-refractivity contribution in [3.63, 3.8) is 0 Å². The molecule has 1 heteroatoms. The van der Waals surface area contributed by atoms with Crippen LogP contribution in [0.4, 0.5) is 0 Å². The molecule has 0 saturated heterocycles. The Balaban J connectivity index is 2.04. The van der Waals surface area contributed by atoms with E-state index < -0.39 is 0 Å². The number of hydrogen-bond acceptors (Lipinski definition) is 0. The highest BCUT2D eigenvalue weighted by Crippen LogP contribution is 2.38. The molecule has 0 aromatic heterocycles. The van der Waals surface area contributed by atoms with E-state index in [1.165, 1.54) is 37.5 Å². The lowest BCUT2D eigenvalue weighted by Crippen LogP contribution is -1.88. The highest BCUT2D eigenvalue weighted by atomic mass is 79.9. The summed E-state index contributed by atoms with van der Waals surface area (Å²) in [4.78, 5) is 0. The van der Waals surface area contributed by atoms with E-state index in [1.54, 1.807) is 0 Å². The zero-order valence-electron chi connectivity index (χ0n) is 10.9. The average molecular weight is 321 g/mol. The topological polar surface area (TPSA) is 0 Å². The third-order valence-electron chi connectivity index (χ3n) is 3.94. The van der Waals surface area contributed by atoms with Crippen molar-refractivity contribution in [3.8, 4) is 11.1 Å². The molecule has 0 N–H and O–H groups in total. The second-order valence-corrected chi connectivity index (χ2v) is 6.19. The van der Waals surface area contributed by atoms with Gasteiger partial charge in [0.05, 0.1) is 0 Å². The first-order valence-electron chi connectivity index (χ1n) is 6.79. The van der Waals surface area contributed by atoms with Crippen LogP contribution in [0.3, 0.4) is 0 Å². The molecule has 0 amide bonds. The van der Waals surface area contributed by atoms with E-state index >= 15 is 0 Å². The fraction of sp³-hybridized carbons (Fsp3) is 0.0526. The van der Waals surface area contributed by atoms with Crippen molar-refractivity contribution in [2.45, 2.75) is 6.42 Å². The van der Waals surface area contributed by atoms with E-state index in [4.69, 9.17) is 0 Å². The molecule has 0 bridgehead atoms. The van der Waals surface area contributed by atoms with Crippen LogP contribution in [-0.2, 0) is 6.42 Å². The molecule has 1 aliphatic rings. The van der Waals surface area contributed by atoms with Crippen LogP contribution in [0.5, 0.6) is 0 Å². The molecule has 0 saturated carbocycles. The molecular formula is C19H13Br. The third kappa shape index (κ3) is 1.82. The summed E-state index contributed by atoms with van der Waals surface area (Å²) in [6.45, 7) is 0. The lowest BCUT2D eigenvalue weighted by atomic mass is 9.93. The second kappa shape index (κ2) is 4.60. The number of allylic oxidation sites excluding steroid dienone is 1. The quantitative estimate of drug-likeness (QED) is 0.531. The van der Waals surface area contributed by atoms with Gasteiger partial charge in [-0.1, -0.05) is 76.6 Å². The van der Waals surface area contributed by atoms with E-state index in [1.807, 2.05) is 0 Å². The number of hydrogen-bond donors (Lipinski definition) is 0. The zero-order chi connectivity index (χ0) is 13.5. The lowest BCUT2D eigenvalue weighted by molar-refractivity contribution is 1.30. The van der Waals surface area contributed by atoms with E-state index in [0.29, 0.717) is 0 Å². The first-order chi connectivity index (χ1) is 9.83. The minimum absolute atomic E-state index is 1.01. The van der Waals surface area contributed by atoms with Crippen molar-refractivity contribution in [2.75, 3.05) is 0 Å². The molecular weight excluding hydrogens is 308 g/mol. The van der Waals surface area contributed by atoms with Gasteiger partial charge in [-0.05, 0) is 39.1 Å². The molecule has 0 spiro atoms. The van der Waals surface area contributed by atoms with E-state index in [2.05, 4.69) is 82.7 Å². The maximum Gasteiger partial charge on any atom is 0.00470 e. The van der Waals surface area contributed by atoms with Gasteiger partial charge < -0.3 is 0 Å². The summed E-state index contributed by atoms with van der Waals surface area (Å²) in [5.74, 6) is 0. The molecule has 3 aromatic carbocycles. The Hall–Kier alpha value is -1.86. The molecule has 20 heavy (non-hydrogen) atoms. The Morgan fingerprint density at radius 1 is 0.750 bits per heavy atom. The fourth-order valence-corrected chi connectivity index (χ4v) is 3.55. The Kier molecular flexibility index (Phi) is 2.75. The van der Waals surface area contributed by atoms with Gasteiger partial charge in [0, 0.05) is 10.9 Å². The maximum absolute atomic E-state index is 3.64. The minimum atomic E-state index is 1.01. The molecule has 0 atom stereocenters. The van der Waals surface area contributed by atoms with Crippen LogP contribution in [0.1, 0.15) is 11.1 Å². The number of fused-ring (bicyclic) bond motifs is 2. The standard InChI is InChI=1S/C19H13Br/c20-15-11-14-7-4-10-18(19(14)12-15)17-9-3-6-13-5-1-2-8-16(13)17/h1-10,12H,11H2. The summed E-state index contributed by atoms with van der Waals surface area (Å²) in [6.07, 6.45) is 3.26. The third-order valence-corrected chi connectivity index (χ3v) is 4.45. The molecule has 0 radical (unpaired) electrons. The van der Waals surface area contributed by atoms with Gasteiger partial charge in [0.15, 0.2) is 0 Å². The first kappa shape index (κ1) is 11.9. The largest absolute Gasteiger partial charge is 0.0616 e. The van der Waals surface area contributed by atoms with Crippen LogP contribution in [0, 0.1) is 0 Å². The first-order valence-corrected chi connectivity index (χ1v) is 7.58. The van der Waals surface area contributed by atoms with Crippen LogP contribution in [0.15, 0.2) is 65.1 Å². The molecule has 3 aromatic rings. The van der Waals surface area contributed by atoms with Gasteiger partial charge in [-0.15, -0.1) is 0 Å². The molecule has 0 nitrogen and oxygen atoms in total. The van der Waals surface area contributed by atoms with Gasteiger partial charge in [-0.25, -0.2) is 0 Å². The van der Waals surface area contributed by atoms with E-state index in [-0.39, 0.29) is 0 Å². The van der Waals surface area contributed by atoms with Gasteiger partial charge in [-0.2, -0.15) is 0 Å². The van der Waals surface area contributed by atoms with E-state index in [0.717, 1.165) is 6.42 Å². The maximum atomic E-state index is 3.64. The molecule has 96 valence electrons. The van der Waals surface area contributed by atoms with Crippen LogP contribution in [0.25, 0.3) is 28.0 Å². The van der Waals surface area contributed by atoms with Crippen LogP contribution in [-0.4, -0.2) is 0 Å². The summed E-state index contributed by atoms with van der Waals surface area (Å²) in [5, 5.41) is 2.61.